The number of aromatic nitrogens is 1. The lowest BCUT2D eigenvalue weighted by Gasteiger charge is -2.08. The van der Waals surface area contributed by atoms with E-state index in [9.17, 15) is 4.79 Å². The molecule has 4 heteroatoms. The van der Waals surface area contributed by atoms with Crippen molar-refractivity contribution in [2.75, 3.05) is 0 Å². The number of carbonyl (C=O) groups excluding carboxylic acids is 1. The van der Waals surface area contributed by atoms with E-state index in [-0.39, 0.29) is 5.91 Å². The summed E-state index contributed by atoms with van der Waals surface area (Å²) in [7, 11) is 0. The van der Waals surface area contributed by atoms with Crippen molar-refractivity contribution in [3.63, 3.8) is 0 Å². The van der Waals surface area contributed by atoms with Crippen molar-refractivity contribution in [2.45, 2.75) is 13.5 Å². The summed E-state index contributed by atoms with van der Waals surface area (Å²) in [5, 5.41) is 2.92. The minimum absolute atomic E-state index is 0.137. The normalized spacial score (nSPS) is 10.2. The molecule has 0 aliphatic carbocycles. The topological polar surface area (TPSA) is 51.2 Å². The second kappa shape index (κ2) is 7.42. The summed E-state index contributed by atoms with van der Waals surface area (Å²) < 4.78 is 5.65. The Labute approximate surface area is 141 Å². The Balaban J connectivity index is 1.64. The van der Waals surface area contributed by atoms with Crippen LogP contribution in [0.15, 0.2) is 72.9 Å². The highest BCUT2D eigenvalue weighted by Crippen LogP contribution is 2.20. The Morgan fingerprint density at radius 3 is 2.62 bits per heavy atom. The minimum Gasteiger partial charge on any atom is -0.439 e. The van der Waals surface area contributed by atoms with E-state index in [4.69, 9.17) is 4.74 Å². The first kappa shape index (κ1) is 15.7. The molecule has 0 radical (unpaired) electrons. The number of nitrogens with one attached hydrogen (secondary N) is 1. The number of hydrogen-bond acceptors (Lipinski definition) is 3. The summed E-state index contributed by atoms with van der Waals surface area (Å²) in [5.41, 5.74) is 2.81. The van der Waals surface area contributed by atoms with Crippen molar-refractivity contribution in [2.24, 2.45) is 0 Å². The molecule has 1 aromatic heterocycles. The highest BCUT2D eigenvalue weighted by Gasteiger charge is 2.07. The monoisotopic (exact) mass is 318 g/mol. The number of aryl methyl sites for hydroxylation is 1. The van der Waals surface area contributed by atoms with Crippen LogP contribution in [0.25, 0.3) is 0 Å². The van der Waals surface area contributed by atoms with Gasteiger partial charge in [0.15, 0.2) is 0 Å². The van der Waals surface area contributed by atoms with E-state index in [2.05, 4.69) is 10.3 Å². The van der Waals surface area contributed by atoms with Crippen molar-refractivity contribution in [3.05, 3.63) is 89.6 Å². The van der Waals surface area contributed by atoms with E-state index < -0.39 is 0 Å². The quantitative estimate of drug-likeness (QED) is 0.770. The lowest BCUT2D eigenvalue weighted by Crippen LogP contribution is -2.22. The van der Waals surface area contributed by atoms with Crippen LogP contribution >= 0.6 is 0 Å². The van der Waals surface area contributed by atoms with Gasteiger partial charge in [-0.1, -0.05) is 42.0 Å². The number of rotatable bonds is 5. The Bertz CT molecular complexity index is 815. The van der Waals surface area contributed by atoms with Crippen LogP contribution in [0.3, 0.4) is 0 Å². The average molecular weight is 318 g/mol. The van der Waals surface area contributed by atoms with Crippen LogP contribution in [0.5, 0.6) is 11.6 Å². The molecule has 1 heterocycles. The van der Waals surface area contributed by atoms with Gasteiger partial charge in [-0.05, 0) is 36.8 Å². The smallest absolute Gasteiger partial charge is 0.251 e. The van der Waals surface area contributed by atoms with Crippen LogP contribution in [-0.2, 0) is 6.54 Å². The minimum atomic E-state index is -0.137. The first-order valence-electron chi connectivity index (χ1n) is 7.73. The zero-order valence-electron chi connectivity index (χ0n) is 13.4. The number of benzene rings is 2. The van der Waals surface area contributed by atoms with Gasteiger partial charge < -0.3 is 10.1 Å². The summed E-state index contributed by atoms with van der Waals surface area (Å²) in [6, 6.07) is 20.6. The van der Waals surface area contributed by atoms with Gasteiger partial charge in [0, 0.05) is 24.4 Å². The third-order valence-electron chi connectivity index (χ3n) is 3.53. The van der Waals surface area contributed by atoms with Crippen LogP contribution in [0, 0.1) is 6.92 Å². The predicted octanol–water partition coefficient (Wildman–Crippen LogP) is 4.11. The average Bonchev–Trinajstić information content (AvgIpc) is 2.62. The highest BCUT2D eigenvalue weighted by molar-refractivity contribution is 5.94. The Kier molecular flexibility index (Phi) is 4.87. The molecule has 0 aliphatic rings. The third-order valence-corrected chi connectivity index (χ3v) is 3.53. The molecule has 0 fully saturated rings. The Hall–Kier alpha value is -3.14. The predicted molar refractivity (Wildman–Crippen MR) is 93.1 cm³/mol. The second-order valence-corrected chi connectivity index (χ2v) is 5.47. The highest BCUT2D eigenvalue weighted by atomic mass is 16.5. The SMILES string of the molecule is Cc1ccc(CNC(=O)c2cccc(Oc3ccccn3)c2)cc1. The van der Waals surface area contributed by atoms with E-state index in [0.29, 0.717) is 23.7 Å². The van der Waals surface area contributed by atoms with Gasteiger partial charge in [0.05, 0.1) is 0 Å². The number of hydrogen-bond donors (Lipinski definition) is 1. The zero-order chi connectivity index (χ0) is 16.8. The largest absolute Gasteiger partial charge is 0.439 e. The summed E-state index contributed by atoms with van der Waals surface area (Å²) in [6.07, 6.45) is 1.66. The van der Waals surface area contributed by atoms with Crippen molar-refractivity contribution in [1.29, 1.82) is 0 Å². The number of nitrogens with zero attached hydrogens (tertiary/aromatic N) is 1. The molecule has 0 spiro atoms. The maximum Gasteiger partial charge on any atom is 0.251 e. The molecular weight excluding hydrogens is 300 g/mol. The fourth-order valence-corrected chi connectivity index (χ4v) is 2.22. The molecule has 0 atom stereocenters. The number of carbonyl (C=O) groups is 1. The molecule has 1 N–H and O–H groups in total. The summed E-state index contributed by atoms with van der Waals surface area (Å²) in [5.74, 6) is 0.938. The molecule has 0 unspecified atom stereocenters. The first-order valence-corrected chi connectivity index (χ1v) is 7.73. The van der Waals surface area contributed by atoms with Gasteiger partial charge in [-0.3, -0.25) is 4.79 Å². The fourth-order valence-electron chi connectivity index (χ4n) is 2.22. The maximum absolute atomic E-state index is 12.3. The van der Waals surface area contributed by atoms with E-state index in [0.717, 1.165) is 5.56 Å². The summed E-state index contributed by atoms with van der Waals surface area (Å²) in [6.45, 7) is 2.53. The molecule has 24 heavy (non-hydrogen) atoms. The van der Waals surface area contributed by atoms with Crippen molar-refractivity contribution < 1.29 is 9.53 Å². The molecule has 120 valence electrons. The first-order chi connectivity index (χ1) is 11.7. The standard InChI is InChI=1S/C20H18N2O2/c1-15-8-10-16(11-9-15)14-22-20(23)17-5-4-6-18(13-17)24-19-7-2-3-12-21-19/h2-13H,14H2,1H3,(H,22,23). The van der Waals surface area contributed by atoms with Crippen LogP contribution in [-0.4, -0.2) is 10.9 Å². The number of pyridine rings is 1. The fraction of sp³-hybridized carbons (Fsp3) is 0.100. The van der Waals surface area contributed by atoms with Crippen LogP contribution in [0.1, 0.15) is 21.5 Å². The van der Waals surface area contributed by atoms with Crippen LogP contribution in [0.2, 0.25) is 0 Å². The summed E-state index contributed by atoms with van der Waals surface area (Å²) >= 11 is 0. The van der Waals surface area contributed by atoms with Gasteiger partial charge in [-0.25, -0.2) is 4.98 Å². The van der Waals surface area contributed by atoms with E-state index in [1.165, 1.54) is 5.56 Å². The van der Waals surface area contributed by atoms with Crippen LogP contribution < -0.4 is 10.1 Å². The van der Waals surface area contributed by atoms with Gasteiger partial charge in [0.1, 0.15) is 5.75 Å². The molecule has 3 rings (SSSR count). The second-order valence-electron chi connectivity index (χ2n) is 5.47. The van der Waals surface area contributed by atoms with Crippen LogP contribution in [0.4, 0.5) is 0 Å². The number of ether oxygens (including phenoxy) is 1. The molecule has 0 saturated heterocycles. The molecule has 0 saturated carbocycles. The molecule has 1 amide bonds. The van der Waals surface area contributed by atoms with E-state index in [1.54, 1.807) is 36.5 Å². The zero-order valence-corrected chi connectivity index (χ0v) is 13.4. The van der Waals surface area contributed by atoms with Gasteiger partial charge in [0.25, 0.3) is 5.91 Å². The lowest BCUT2D eigenvalue weighted by atomic mass is 10.1. The van der Waals surface area contributed by atoms with Crippen molar-refractivity contribution >= 4 is 5.91 Å². The molecule has 4 nitrogen and oxygen atoms in total. The summed E-state index contributed by atoms with van der Waals surface area (Å²) in [4.78, 5) is 16.4. The van der Waals surface area contributed by atoms with E-state index >= 15 is 0 Å². The Morgan fingerprint density at radius 2 is 1.88 bits per heavy atom. The number of amides is 1. The van der Waals surface area contributed by atoms with Crippen molar-refractivity contribution in [1.82, 2.24) is 10.3 Å². The van der Waals surface area contributed by atoms with Gasteiger partial charge in [-0.15, -0.1) is 0 Å². The van der Waals surface area contributed by atoms with Crippen molar-refractivity contribution in [3.8, 4) is 11.6 Å². The molecule has 0 aliphatic heterocycles. The van der Waals surface area contributed by atoms with Gasteiger partial charge in [-0.2, -0.15) is 0 Å². The molecular formula is C20H18N2O2. The molecule has 3 aromatic rings. The lowest BCUT2D eigenvalue weighted by molar-refractivity contribution is 0.0950. The molecule has 0 bridgehead atoms. The Morgan fingerprint density at radius 1 is 1.04 bits per heavy atom. The third kappa shape index (κ3) is 4.20. The maximum atomic E-state index is 12.3. The van der Waals surface area contributed by atoms with Gasteiger partial charge in [0.2, 0.25) is 5.88 Å². The molecule has 2 aromatic carbocycles. The van der Waals surface area contributed by atoms with E-state index in [1.807, 2.05) is 43.3 Å². The van der Waals surface area contributed by atoms with Gasteiger partial charge >= 0.3 is 0 Å².